The van der Waals surface area contributed by atoms with Crippen molar-refractivity contribution in [3.63, 3.8) is 0 Å². The Labute approximate surface area is 856 Å². The Bertz CT molecular complexity index is 9920. The van der Waals surface area contributed by atoms with Gasteiger partial charge in [-0.3, -0.25) is 0 Å². The molecule has 26 aromatic carbocycles. The van der Waals surface area contributed by atoms with Crippen molar-refractivity contribution in [2.45, 2.75) is 0 Å². The lowest BCUT2D eigenvalue weighted by Gasteiger charge is -2.28. The van der Waals surface area contributed by atoms with E-state index in [2.05, 4.69) is 579 Å². The predicted octanol–water partition coefficient (Wildman–Crippen LogP) is 40.9. The molecule has 694 valence electrons. The van der Waals surface area contributed by atoms with Crippen LogP contribution in [0.2, 0.25) is 0 Å². The average molecular weight is 1890 g/mol. The fraction of sp³-hybridized carbons (Fsp3) is 0. The number of rotatable bonds is 16. The third-order valence-electron chi connectivity index (χ3n) is 29.3. The molecule has 0 aliphatic rings. The van der Waals surface area contributed by atoms with Crippen molar-refractivity contribution < 1.29 is 13.3 Å². The van der Waals surface area contributed by atoms with Gasteiger partial charge in [-0.2, -0.15) is 0 Å². The van der Waals surface area contributed by atoms with Crippen molar-refractivity contribution in [3.05, 3.63) is 564 Å². The van der Waals surface area contributed by atoms with Crippen LogP contribution < -0.4 is 14.7 Å². The summed E-state index contributed by atoms with van der Waals surface area (Å²) in [7, 11) is 0. The summed E-state index contributed by atoms with van der Waals surface area (Å²) < 4.78 is 20.4. The summed E-state index contributed by atoms with van der Waals surface area (Å²) in [6, 6.07) is 202. The molecule has 0 spiro atoms. The van der Waals surface area contributed by atoms with Crippen molar-refractivity contribution in [1.29, 1.82) is 0 Å². The van der Waals surface area contributed by atoms with Gasteiger partial charge in [0.15, 0.2) is 0 Å². The SMILES string of the molecule is c1ccc(-c2ccc(-c3cc4c(oc5cccc(N(c6ccc7ccccc7c6)c6ccc7ccccc7c6)c54)c4ccccc34)cc2)cc1.c1ccc(-c2ccc(-c3cc4c(oc5cccc(N(c6cccc7ccccc67)c6cccc7ccccc67)c54)c4ccccc34)cc2)cc1.c1ccc(-c2ccc(-c3cc4c(oc5cccc(N(c6ccccc6)c6ccc(-c7ccccc7)cc6)c54)c4ccccc34)cc2)cc1. The number of furan rings is 3. The Morgan fingerprint density at radius 1 is 0.122 bits per heavy atom. The molecule has 29 rings (SSSR count). The molecule has 0 saturated heterocycles. The molecule has 0 fully saturated rings. The van der Waals surface area contributed by atoms with E-state index in [0.29, 0.717) is 0 Å². The highest BCUT2D eigenvalue weighted by Gasteiger charge is 2.29. The van der Waals surface area contributed by atoms with Crippen LogP contribution in [-0.2, 0) is 0 Å². The summed E-state index contributed by atoms with van der Waals surface area (Å²) in [5.74, 6) is 0. The number of para-hydroxylation sites is 1. The van der Waals surface area contributed by atoms with Crippen LogP contribution in [0.5, 0.6) is 0 Å². The fourth-order valence-corrected chi connectivity index (χ4v) is 22.3. The van der Waals surface area contributed by atoms with E-state index in [1.54, 1.807) is 0 Å². The summed E-state index contributed by atoms with van der Waals surface area (Å²) >= 11 is 0. The molecule has 3 aromatic heterocycles. The molecule has 0 aliphatic heterocycles. The van der Waals surface area contributed by atoms with Gasteiger partial charge in [-0.15, -0.1) is 0 Å². The third kappa shape index (κ3) is 15.9. The number of nitrogens with zero attached hydrogens (tertiary/aromatic N) is 3. The van der Waals surface area contributed by atoms with Crippen LogP contribution in [0.15, 0.2) is 577 Å². The number of hydrogen-bond acceptors (Lipinski definition) is 6. The first-order valence-corrected chi connectivity index (χ1v) is 50.5. The largest absolute Gasteiger partial charge is 0.455 e. The Balaban J connectivity index is 0.000000110. The van der Waals surface area contributed by atoms with Crippen molar-refractivity contribution in [2.24, 2.45) is 0 Å². The normalized spacial score (nSPS) is 11.5. The summed E-state index contributed by atoms with van der Waals surface area (Å²) in [5, 5.41) is 23.1. The minimum atomic E-state index is 0.865. The van der Waals surface area contributed by atoms with Crippen LogP contribution in [-0.4, -0.2) is 0 Å². The van der Waals surface area contributed by atoms with Gasteiger partial charge in [0.25, 0.3) is 0 Å². The molecule has 6 heteroatoms. The predicted molar refractivity (Wildman–Crippen MR) is 626 cm³/mol. The highest BCUT2D eigenvalue weighted by molar-refractivity contribution is 6.27. The van der Waals surface area contributed by atoms with Gasteiger partial charge in [0, 0.05) is 65.8 Å². The molecule has 0 N–H and O–H groups in total. The van der Waals surface area contributed by atoms with Gasteiger partial charge in [-0.05, 0) is 242 Å². The Morgan fingerprint density at radius 2 is 0.351 bits per heavy atom. The van der Waals surface area contributed by atoms with Crippen molar-refractivity contribution in [2.75, 3.05) is 14.7 Å². The van der Waals surface area contributed by atoms with Gasteiger partial charge in [-0.1, -0.05) is 449 Å². The molecule has 0 radical (unpaired) electrons. The average Bonchev–Trinajstić information content (AvgIpc) is 1.57. The van der Waals surface area contributed by atoms with Gasteiger partial charge in [-0.25, -0.2) is 0 Å². The van der Waals surface area contributed by atoms with Gasteiger partial charge in [0.2, 0.25) is 0 Å². The zero-order valence-electron chi connectivity index (χ0n) is 80.8. The molecular formula is C142H93N3O3. The second-order valence-electron chi connectivity index (χ2n) is 37.9. The molecule has 0 unspecified atom stereocenters. The fourth-order valence-electron chi connectivity index (χ4n) is 22.3. The molecular weight excluding hydrogens is 1800 g/mol. The molecule has 0 saturated carbocycles. The molecule has 29 aromatic rings. The van der Waals surface area contributed by atoms with E-state index in [-0.39, 0.29) is 0 Å². The maximum atomic E-state index is 6.84. The minimum Gasteiger partial charge on any atom is -0.455 e. The first-order valence-electron chi connectivity index (χ1n) is 50.5. The van der Waals surface area contributed by atoms with Gasteiger partial charge in [0.05, 0.1) is 44.6 Å². The Kier molecular flexibility index (Phi) is 22.2. The van der Waals surface area contributed by atoms with Crippen LogP contribution >= 0.6 is 0 Å². The lowest BCUT2D eigenvalue weighted by Crippen LogP contribution is -2.11. The van der Waals surface area contributed by atoms with E-state index in [4.69, 9.17) is 13.3 Å². The monoisotopic (exact) mass is 1890 g/mol. The van der Waals surface area contributed by atoms with E-state index < -0.39 is 0 Å². The van der Waals surface area contributed by atoms with Crippen LogP contribution in [0.4, 0.5) is 51.2 Å². The van der Waals surface area contributed by atoms with Crippen LogP contribution in [0.1, 0.15) is 0 Å². The van der Waals surface area contributed by atoms with Crippen LogP contribution in [0.25, 0.3) is 219 Å². The van der Waals surface area contributed by atoms with Crippen molar-refractivity contribution in [1.82, 2.24) is 0 Å². The zero-order valence-corrected chi connectivity index (χ0v) is 80.8. The molecule has 6 nitrogen and oxygen atoms in total. The zero-order chi connectivity index (χ0) is 97.9. The van der Waals surface area contributed by atoms with Gasteiger partial charge < -0.3 is 28.0 Å². The summed E-state index contributed by atoms with van der Waals surface area (Å²) in [6.45, 7) is 0. The van der Waals surface area contributed by atoms with E-state index in [0.717, 1.165) is 133 Å². The lowest BCUT2D eigenvalue weighted by atomic mass is 9.93. The molecule has 0 bridgehead atoms. The second kappa shape index (κ2) is 37.7. The number of benzene rings is 26. The highest BCUT2D eigenvalue weighted by atomic mass is 16.3. The quantitative estimate of drug-likeness (QED) is 0.0961. The smallest absolute Gasteiger partial charge is 0.143 e. The molecule has 0 aliphatic carbocycles. The second-order valence-corrected chi connectivity index (χ2v) is 37.9. The van der Waals surface area contributed by atoms with Crippen molar-refractivity contribution >= 4 is 192 Å². The van der Waals surface area contributed by atoms with Gasteiger partial charge >= 0.3 is 0 Å². The van der Waals surface area contributed by atoms with E-state index in [9.17, 15) is 0 Å². The minimum absolute atomic E-state index is 0.865. The molecule has 148 heavy (non-hydrogen) atoms. The Morgan fingerprint density at radius 3 is 0.696 bits per heavy atom. The first kappa shape index (κ1) is 87.4. The highest BCUT2D eigenvalue weighted by Crippen LogP contribution is 2.54. The number of hydrogen-bond donors (Lipinski definition) is 0. The Hall–Kier alpha value is -19.7. The number of fused-ring (bicyclic) bond motifs is 19. The number of anilines is 9. The molecule has 0 atom stereocenters. The summed E-state index contributed by atoms with van der Waals surface area (Å²) in [4.78, 5) is 7.17. The standard InChI is InChI=1S/2C48H31NO.C46H31NO/c1-2-13-32(14-3-1)33-27-29-36(30-28-33)41-31-42-47-45(25-12-26-46(47)50-48(42)40-22-9-8-21-39(40)41)49(43-23-10-17-34-15-4-6-19-37(34)43)44-24-11-18-35-16-5-7-20-38(35)44;1-2-11-32(12-3-1)35-21-23-36(24-22-35)43-31-44-47-45(19-10-20-46(47)50-48(44)42-18-9-8-17-41(42)43)49(39-27-25-33-13-4-6-15-37(33)29-39)40-28-26-34-14-5-7-16-38(34)30-40;1-4-13-32(14-5-1)34-23-25-36(26-24-34)41-31-42-45-43(21-12-22-44(45)48-46(42)40-20-11-10-19-39(40)41)47(37-17-8-3-9-18-37)38-29-27-35(28-30-38)33-15-6-2-7-16-33/h2*1-31H;1-31H. The third-order valence-corrected chi connectivity index (χ3v) is 29.3. The molecule has 0 amide bonds. The first-order chi connectivity index (χ1) is 73.4. The van der Waals surface area contributed by atoms with Crippen LogP contribution in [0, 0.1) is 0 Å². The van der Waals surface area contributed by atoms with Gasteiger partial charge in [0.1, 0.15) is 33.5 Å². The summed E-state index contributed by atoms with van der Waals surface area (Å²) in [5.41, 5.74) is 31.9. The topological polar surface area (TPSA) is 49.1 Å². The maximum absolute atomic E-state index is 6.84. The lowest BCUT2D eigenvalue weighted by molar-refractivity contribution is 0.672. The summed E-state index contributed by atoms with van der Waals surface area (Å²) in [6.07, 6.45) is 0. The van der Waals surface area contributed by atoms with Crippen molar-refractivity contribution in [3.8, 4) is 77.9 Å². The van der Waals surface area contributed by atoms with E-state index in [1.165, 1.54) is 137 Å². The molecule has 3 heterocycles. The van der Waals surface area contributed by atoms with E-state index >= 15 is 0 Å². The van der Waals surface area contributed by atoms with E-state index in [1.807, 2.05) is 0 Å². The van der Waals surface area contributed by atoms with Crippen LogP contribution in [0.3, 0.4) is 0 Å². The maximum Gasteiger partial charge on any atom is 0.143 e.